The third-order valence-corrected chi connectivity index (χ3v) is 7.79. The topological polar surface area (TPSA) is 84.5 Å². The zero-order chi connectivity index (χ0) is 20.4. The standard InChI is InChI=1S/C21H32N2O4S/c1-21(2,3)28(25,26)23-18-8-6-16(7-9-18)20(24)22-17-10-12-19(13-11-17)27-14-15-4-5-15/h10-13,15-16,18,23H,4-9,14H2,1-3H3,(H,22,24). The first-order chi connectivity index (χ1) is 13.1. The van der Waals surface area contributed by atoms with Crippen LogP contribution in [0.4, 0.5) is 5.69 Å². The summed E-state index contributed by atoms with van der Waals surface area (Å²) in [6, 6.07) is 7.41. The summed E-state index contributed by atoms with van der Waals surface area (Å²) in [6.45, 7) is 5.85. The molecule has 3 rings (SSSR count). The van der Waals surface area contributed by atoms with Gasteiger partial charge in [-0.05, 0) is 89.5 Å². The Labute approximate surface area is 168 Å². The van der Waals surface area contributed by atoms with E-state index in [4.69, 9.17) is 4.74 Å². The Morgan fingerprint density at radius 2 is 1.64 bits per heavy atom. The van der Waals surface area contributed by atoms with Gasteiger partial charge in [0, 0.05) is 17.6 Å². The summed E-state index contributed by atoms with van der Waals surface area (Å²) in [5, 5.41) is 2.97. The first-order valence-corrected chi connectivity index (χ1v) is 11.7. The molecule has 2 aliphatic carbocycles. The number of hydrogen-bond donors (Lipinski definition) is 2. The molecule has 0 aromatic heterocycles. The van der Waals surface area contributed by atoms with E-state index in [9.17, 15) is 13.2 Å². The van der Waals surface area contributed by atoms with Gasteiger partial charge in [-0.2, -0.15) is 0 Å². The molecule has 1 aromatic rings. The molecule has 0 heterocycles. The van der Waals surface area contributed by atoms with Crippen LogP contribution in [0.2, 0.25) is 0 Å². The van der Waals surface area contributed by atoms with E-state index in [1.807, 2.05) is 24.3 Å². The fraction of sp³-hybridized carbons (Fsp3) is 0.667. The predicted molar refractivity (Wildman–Crippen MR) is 111 cm³/mol. The lowest BCUT2D eigenvalue weighted by Gasteiger charge is -2.30. The van der Waals surface area contributed by atoms with Gasteiger partial charge in [-0.1, -0.05) is 0 Å². The van der Waals surface area contributed by atoms with Crippen molar-refractivity contribution in [2.24, 2.45) is 11.8 Å². The van der Waals surface area contributed by atoms with Gasteiger partial charge < -0.3 is 10.1 Å². The van der Waals surface area contributed by atoms with Crippen molar-refractivity contribution >= 4 is 21.6 Å². The molecule has 1 aromatic carbocycles. The molecule has 2 fully saturated rings. The molecule has 2 N–H and O–H groups in total. The largest absolute Gasteiger partial charge is 0.493 e. The summed E-state index contributed by atoms with van der Waals surface area (Å²) in [6.07, 6.45) is 5.25. The van der Waals surface area contributed by atoms with Crippen molar-refractivity contribution in [3.05, 3.63) is 24.3 Å². The maximum atomic E-state index is 12.5. The number of benzene rings is 1. The minimum Gasteiger partial charge on any atom is -0.493 e. The summed E-state index contributed by atoms with van der Waals surface area (Å²) in [4.78, 5) is 12.5. The van der Waals surface area contributed by atoms with Gasteiger partial charge in [0.2, 0.25) is 15.9 Å². The number of amides is 1. The first-order valence-electron chi connectivity index (χ1n) is 10.2. The van der Waals surface area contributed by atoms with E-state index in [1.54, 1.807) is 20.8 Å². The second-order valence-electron chi connectivity index (χ2n) is 9.05. The van der Waals surface area contributed by atoms with Gasteiger partial charge in [-0.3, -0.25) is 4.79 Å². The lowest BCUT2D eigenvalue weighted by Crippen LogP contribution is -2.46. The second-order valence-corrected chi connectivity index (χ2v) is 11.5. The number of carbonyl (C=O) groups excluding carboxylic acids is 1. The first kappa shape index (κ1) is 21.1. The third-order valence-electron chi connectivity index (χ3n) is 5.53. The van der Waals surface area contributed by atoms with E-state index in [1.165, 1.54) is 12.8 Å². The number of anilines is 1. The molecule has 7 heteroatoms. The molecule has 1 amide bonds. The van der Waals surface area contributed by atoms with E-state index >= 15 is 0 Å². The molecule has 0 bridgehead atoms. The average Bonchev–Trinajstić information content (AvgIpc) is 3.45. The molecule has 0 atom stereocenters. The quantitative estimate of drug-likeness (QED) is 0.721. The van der Waals surface area contributed by atoms with Gasteiger partial charge >= 0.3 is 0 Å². The molecule has 0 unspecified atom stereocenters. The number of nitrogens with one attached hydrogen (secondary N) is 2. The van der Waals surface area contributed by atoms with Gasteiger partial charge in [0.1, 0.15) is 5.75 Å². The predicted octanol–water partition coefficient (Wildman–Crippen LogP) is 3.69. The Balaban J connectivity index is 1.44. The minimum absolute atomic E-state index is 0.00350. The van der Waals surface area contributed by atoms with Gasteiger partial charge in [0.25, 0.3) is 0 Å². The van der Waals surface area contributed by atoms with Crippen molar-refractivity contribution in [1.29, 1.82) is 0 Å². The van der Waals surface area contributed by atoms with E-state index in [2.05, 4.69) is 10.0 Å². The molecule has 0 spiro atoms. The number of sulfonamides is 1. The van der Waals surface area contributed by atoms with Crippen molar-refractivity contribution in [3.8, 4) is 5.75 Å². The minimum atomic E-state index is -3.36. The molecular formula is C21H32N2O4S. The maximum Gasteiger partial charge on any atom is 0.227 e. The number of hydrogen-bond acceptors (Lipinski definition) is 4. The fourth-order valence-corrected chi connectivity index (χ4v) is 4.28. The van der Waals surface area contributed by atoms with Crippen LogP contribution >= 0.6 is 0 Å². The zero-order valence-electron chi connectivity index (χ0n) is 17.0. The Morgan fingerprint density at radius 3 is 2.18 bits per heavy atom. The smallest absolute Gasteiger partial charge is 0.227 e. The van der Waals surface area contributed by atoms with Gasteiger partial charge in [-0.15, -0.1) is 0 Å². The summed E-state index contributed by atoms with van der Waals surface area (Å²) < 4.78 is 32.3. The van der Waals surface area contributed by atoms with Crippen LogP contribution < -0.4 is 14.8 Å². The van der Waals surface area contributed by atoms with Crippen LogP contribution in [-0.4, -0.2) is 31.7 Å². The van der Waals surface area contributed by atoms with Crippen LogP contribution in [0, 0.1) is 11.8 Å². The molecule has 0 saturated heterocycles. The van der Waals surface area contributed by atoms with Crippen LogP contribution in [0.25, 0.3) is 0 Å². The van der Waals surface area contributed by atoms with Crippen LogP contribution in [0.3, 0.4) is 0 Å². The highest BCUT2D eigenvalue weighted by molar-refractivity contribution is 7.90. The van der Waals surface area contributed by atoms with E-state index in [0.717, 1.165) is 18.0 Å². The van der Waals surface area contributed by atoms with Crippen molar-refractivity contribution in [2.45, 2.75) is 70.1 Å². The molecule has 28 heavy (non-hydrogen) atoms. The van der Waals surface area contributed by atoms with Gasteiger partial charge in [0.05, 0.1) is 11.4 Å². The molecular weight excluding hydrogens is 376 g/mol. The molecule has 6 nitrogen and oxygen atoms in total. The highest BCUT2D eigenvalue weighted by Gasteiger charge is 2.34. The number of ether oxygens (including phenoxy) is 1. The molecule has 156 valence electrons. The van der Waals surface area contributed by atoms with Gasteiger partial charge in [-0.25, -0.2) is 13.1 Å². The number of rotatable bonds is 7. The second kappa shape index (κ2) is 8.41. The third kappa shape index (κ3) is 5.70. The fourth-order valence-electron chi connectivity index (χ4n) is 3.25. The van der Waals surface area contributed by atoms with Crippen LogP contribution in [-0.2, 0) is 14.8 Å². The summed E-state index contributed by atoms with van der Waals surface area (Å²) in [5.74, 6) is 1.46. The maximum absolute atomic E-state index is 12.5. The average molecular weight is 409 g/mol. The summed E-state index contributed by atoms with van der Waals surface area (Å²) in [5.41, 5.74) is 0.763. The number of carbonyl (C=O) groups is 1. The normalized spacial score (nSPS) is 23.2. The van der Waals surface area contributed by atoms with Gasteiger partial charge in [0.15, 0.2) is 0 Å². The van der Waals surface area contributed by atoms with E-state index in [0.29, 0.717) is 31.6 Å². The van der Waals surface area contributed by atoms with Crippen LogP contribution in [0.15, 0.2) is 24.3 Å². The van der Waals surface area contributed by atoms with Crippen molar-refractivity contribution in [2.75, 3.05) is 11.9 Å². The lowest BCUT2D eigenvalue weighted by atomic mass is 9.86. The van der Waals surface area contributed by atoms with Crippen LogP contribution in [0.5, 0.6) is 5.75 Å². The zero-order valence-corrected chi connectivity index (χ0v) is 17.8. The SMILES string of the molecule is CC(C)(C)S(=O)(=O)NC1CCC(C(=O)Nc2ccc(OCC3CC3)cc2)CC1. The summed E-state index contributed by atoms with van der Waals surface area (Å²) >= 11 is 0. The molecule has 2 saturated carbocycles. The van der Waals surface area contributed by atoms with E-state index in [-0.39, 0.29) is 17.9 Å². The Bertz CT molecular complexity index is 772. The molecule has 0 aliphatic heterocycles. The molecule has 2 aliphatic rings. The Hall–Kier alpha value is -1.60. The van der Waals surface area contributed by atoms with Crippen molar-refractivity contribution in [3.63, 3.8) is 0 Å². The summed E-state index contributed by atoms with van der Waals surface area (Å²) in [7, 11) is -3.36. The van der Waals surface area contributed by atoms with Crippen molar-refractivity contribution in [1.82, 2.24) is 4.72 Å². The monoisotopic (exact) mass is 408 g/mol. The lowest BCUT2D eigenvalue weighted by molar-refractivity contribution is -0.120. The Kier molecular flexibility index (Phi) is 6.34. The molecule has 0 radical (unpaired) electrons. The van der Waals surface area contributed by atoms with E-state index < -0.39 is 14.8 Å². The highest BCUT2D eigenvalue weighted by atomic mass is 32.2. The highest BCUT2D eigenvalue weighted by Crippen LogP contribution is 2.30. The van der Waals surface area contributed by atoms with Crippen LogP contribution in [0.1, 0.15) is 59.3 Å². The Morgan fingerprint density at radius 1 is 1.04 bits per heavy atom. The van der Waals surface area contributed by atoms with Crippen molar-refractivity contribution < 1.29 is 17.9 Å².